The van der Waals surface area contributed by atoms with E-state index in [2.05, 4.69) is 34.6 Å². The van der Waals surface area contributed by atoms with Crippen LogP contribution < -0.4 is 15.4 Å². The van der Waals surface area contributed by atoms with Crippen molar-refractivity contribution in [1.29, 1.82) is 0 Å². The molecule has 5 atom stereocenters. The highest BCUT2D eigenvalue weighted by Gasteiger charge is 2.73. The minimum Gasteiger partial charge on any atom is -0.497 e. The summed E-state index contributed by atoms with van der Waals surface area (Å²) in [6.45, 7) is 4.16. The molecule has 7 heteroatoms. The number of urea groups is 1. The van der Waals surface area contributed by atoms with Crippen molar-refractivity contribution in [3.05, 3.63) is 29.3 Å². The zero-order valence-electron chi connectivity index (χ0n) is 20.4. The van der Waals surface area contributed by atoms with Crippen LogP contribution in [0.15, 0.2) is 18.2 Å². The molecular weight excluding hydrogens is 430 g/mol. The number of carbonyl (C=O) groups is 2. The van der Waals surface area contributed by atoms with Crippen molar-refractivity contribution >= 4 is 11.9 Å². The van der Waals surface area contributed by atoms with Crippen LogP contribution in [0.5, 0.6) is 5.75 Å². The number of benzene rings is 1. The van der Waals surface area contributed by atoms with Crippen molar-refractivity contribution in [3.8, 4) is 5.75 Å². The van der Waals surface area contributed by atoms with Gasteiger partial charge in [0, 0.05) is 24.5 Å². The van der Waals surface area contributed by atoms with Crippen LogP contribution in [0.1, 0.15) is 68.9 Å². The molecule has 3 N–H and O–H groups in total. The monoisotopic (exact) mass is 467 g/mol. The maximum absolute atomic E-state index is 13.0. The molecule has 34 heavy (non-hydrogen) atoms. The second kappa shape index (κ2) is 7.69. The number of methoxy groups -OCH3 is 1. The molecule has 2 saturated heterocycles. The number of rotatable bonds is 4. The Kier molecular flexibility index (Phi) is 5.05. The molecular formula is C27H37N3O4. The van der Waals surface area contributed by atoms with E-state index >= 15 is 0 Å². The highest BCUT2D eigenvalue weighted by molar-refractivity contribution is 6.07. The highest BCUT2D eigenvalue weighted by Crippen LogP contribution is 2.65. The predicted octanol–water partition coefficient (Wildman–Crippen LogP) is 3.02. The Hall–Kier alpha value is -2.12. The lowest BCUT2D eigenvalue weighted by Gasteiger charge is -2.57. The first-order valence-corrected chi connectivity index (χ1v) is 13.1. The number of hydrogen-bond acceptors (Lipinski definition) is 5. The quantitative estimate of drug-likeness (QED) is 0.592. The molecule has 5 fully saturated rings. The van der Waals surface area contributed by atoms with Crippen molar-refractivity contribution in [2.45, 2.75) is 87.3 Å². The molecule has 184 valence electrons. The standard InChI is InChI=1S/C27H37N3O4/c1-17-8-9-20(34-2)12-21(17)25-13-19-15-30(14-18-6-4-3-5-7-18)22(19)27(25,33)11-10-26(16-25)23(31)28-24(32)29-26/h8-9,12,18-19,22,33H,3-7,10-11,13-16H2,1-2H3,(H2,28,29,31,32)/t19?,22-,25-,26+,27-/m1/s1. The van der Waals surface area contributed by atoms with Crippen LogP contribution in [0.3, 0.4) is 0 Å². The van der Waals surface area contributed by atoms with Gasteiger partial charge in [-0.05, 0) is 80.5 Å². The van der Waals surface area contributed by atoms with Gasteiger partial charge in [0.2, 0.25) is 0 Å². The van der Waals surface area contributed by atoms with Gasteiger partial charge in [0.15, 0.2) is 0 Å². The number of nitrogens with one attached hydrogen (secondary N) is 2. The highest BCUT2D eigenvalue weighted by atomic mass is 16.5. The summed E-state index contributed by atoms with van der Waals surface area (Å²) in [5, 5.41) is 18.1. The van der Waals surface area contributed by atoms with Crippen LogP contribution in [0.25, 0.3) is 0 Å². The second-order valence-electron chi connectivity index (χ2n) is 11.7. The summed E-state index contributed by atoms with van der Waals surface area (Å²) in [4.78, 5) is 27.8. The molecule has 1 aromatic carbocycles. The Bertz CT molecular complexity index is 1020. The normalized spacial score (nSPS) is 39.9. The maximum atomic E-state index is 13.0. The van der Waals surface area contributed by atoms with Crippen LogP contribution in [0.2, 0.25) is 0 Å². The van der Waals surface area contributed by atoms with E-state index in [1.165, 1.54) is 32.1 Å². The molecule has 1 unspecified atom stereocenters. The van der Waals surface area contributed by atoms with Gasteiger partial charge in [0.1, 0.15) is 11.3 Å². The summed E-state index contributed by atoms with van der Waals surface area (Å²) in [6, 6.07) is 5.75. The first kappa shape index (κ1) is 22.4. The van der Waals surface area contributed by atoms with Crippen LogP contribution in [0, 0.1) is 18.8 Å². The topological polar surface area (TPSA) is 90.9 Å². The number of aryl methyl sites for hydroxylation is 1. The van der Waals surface area contributed by atoms with Gasteiger partial charge < -0.3 is 15.2 Å². The molecule has 6 rings (SSSR count). The fraction of sp³-hybridized carbons (Fsp3) is 0.704. The smallest absolute Gasteiger partial charge is 0.322 e. The summed E-state index contributed by atoms with van der Waals surface area (Å²) >= 11 is 0. The molecule has 3 aliphatic carbocycles. The van der Waals surface area contributed by atoms with Gasteiger partial charge in [-0.1, -0.05) is 25.3 Å². The lowest BCUT2D eigenvalue weighted by atomic mass is 9.55. The lowest BCUT2D eigenvalue weighted by Crippen LogP contribution is -2.70. The van der Waals surface area contributed by atoms with Crippen molar-refractivity contribution in [3.63, 3.8) is 0 Å². The van der Waals surface area contributed by atoms with E-state index in [0.29, 0.717) is 25.2 Å². The van der Waals surface area contributed by atoms with Gasteiger partial charge in [-0.2, -0.15) is 0 Å². The molecule has 5 aliphatic rings. The predicted molar refractivity (Wildman–Crippen MR) is 128 cm³/mol. The van der Waals surface area contributed by atoms with Crippen molar-refractivity contribution in [2.24, 2.45) is 11.8 Å². The number of imide groups is 1. The summed E-state index contributed by atoms with van der Waals surface area (Å²) in [7, 11) is 1.66. The number of carbonyl (C=O) groups excluding carboxylic acids is 2. The number of ether oxygens (including phenoxy) is 1. The van der Waals surface area contributed by atoms with Crippen molar-refractivity contribution < 1.29 is 19.4 Å². The van der Waals surface area contributed by atoms with Crippen molar-refractivity contribution in [1.82, 2.24) is 15.5 Å². The molecule has 1 spiro atoms. The number of nitrogens with zero attached hydrogens (tertiary/aromatic N) is 1. The van der Waals surface area contributed by atoms with E-state index in [1.54, 1.807) is 7.11 Å². The van der Waals surface area contributed by atoms with Gasteiger partial charge in [-0.25, -0.2) is 4.79 Å². The molecule has 0 radical (unpaired) electrons. The molecule has 2 aliphatic heterocycles. The number of likely N-dealkylation sites (tertiary alicyclic amines) is 1. The van der Waals surface area contributed by atoms with E-state index in [0.717, 1.165) is 42.3 Å². The summed E-state index contributed by atoms with van der Waals surface area (Å²) < 4.78 is 5.58. The fourth-order valence-corrected chi connectivity index (χ4v) is 8.47. The second-order valence-corrected chi connectivity index (χ2v) is 11.7. The summed E-state index contributed by atoms with van der Waals surface area (Å²) in [5.74, 6) is 1.63. The van der Waals surface area contributed by atoms with E-state index in [-0.39, 0.29) is 11.9 Å². The van der Waals surface area contributed by atoms with Gasteiger partial charge in [-0.3, -0.25) is 15.0 Å². The Labute approximate surface area is 201 Å². The van der Waals surface area contributed by atoms with E-state index in [9.17, 15) is 14.7 Å². The van der Waals surface area contributed by atoms with Crippen LogP contribution in [-0.4, -0.2) is 59.3 Å². The Morgan fingerprint density at radius 1 is 1.18 bits per heavy atom. The lowest BCUT2D eigenvalue weighted by molar-refractivity contribution is -0.150. The maximum Gasteiger partial charge on any atom is 0.322 e. The SMILES string of the molecule is COc1ccc(C)c([C@]23CC4CN(CC5CCCCC5)[C@H]4[C@]2(O)CC[C@@]2(C3)NC(=O)NC2=O)c1. The molecule has 2 heterocycles. The third kappa shape index (κ3) is 3.02. The number of aliphatic hydroxyl groups is 1. The van der Waals surface area contributed by atoms with E-state index < -0.39 is 22.6 Å². The van der Waals surface area contributed by atoms with Crippen molar-refractivity contribution in [2.75, 3.05) is 20.2 Å². The van der Waals surface area contributed by atoms with Gasteiger partial charge >= 0.3 is 6.03 Å². The van der Waals surface area contributed by atoms with Gasteiger partial charge in [0.05, 0.1) is 12.7 Å². The largest absolute Gasteiger partial charge is 0.497 e. The molecule has 3 amide bonds. The Morgan fingerprint density at radius 2 is 1.97 bits per heavy atom. The molecule has 1 aromatic rings. The minimum atomic E-state index is -0.961. The Balaban J connectivity index is 1.41. The van der Waals surface area contributed by atoms with Crippen LogP contribution in [0.4, 0.5) is 4.79 Å². The zero-order valence-corrected chi connectivity index (χ0v) is 20.4. The number of fused-ring (bicyclic) bond motifs is 3. The van der Waals surface area contributed by atoms with Gasteiger partial charge in [0.25, 0.3) is 5.91 Å². The van der Waals surface area contributed by atoms with E-state index in [4.69, 9.17) is 4.74 Å². The molecule has 0 aromatic heterocycles. The third-order valence-corrected chi connectivity index (χ3v) is 9.97. The van der Waals surface area contributed by atoms with Gasteiger partial charge in [-0.15, -0.1) is 0 Å². The summed E-state index contributed by atoms with van der Waals surface area (Å²) in [5.41, 5.74) is -0.358. The fourth-order valence-electron chi connectivity index (χ4n) is 8.47. The zero-order chi connectivity index (χ0) is 23.7. The average Bonchev–Trinajstić information content (AvgIpc) is 3.19. The average molecular weight is 468 g/mol. The molecule has 3 saturated carbocycles. The molecule has 7 nitrogen and oxygen atoms in total. The minimum absolute atomic E-state index is 0.109. The number of hydrogen-bond donors (Lipinski definition) is 3. The van der Waals surface area contributed by atoms with Crippen LogP contribution >= 0.6 is 0 Å². The number of amides is 3. The summed E-state index contributed by atoms with van der Waals surface area (Å²) in [6.07, 6.45) is 8.79. The third-order valence-electron chi connectivity index (χ3n) is 9.97. The Morgan fingerprint density at radius 3 is 2.68 bits per heavy atom. The van der Waals surface area contributed by atoms with Crippen LogP contribution in [-0.2, 0) is 10.2 Å². The first-order valence-electron chi connectivity index (χ1n) is 13.1. The first-order chi connectivity index (χ1) is 16.3. The van der Waals surface area contributed by atoms with E-state index in [1.807, 2.05) is 6.07 Å². The molecule has 0 bridgehead atoms.